The summed E-state index contributed by atoms with van der Waals surface area (Å²) in [6.45, 7) is 2.84. The van der Waals surface area contributed by atoms with E-state index < -0.39 is 0 Å². The molecule has 0 aliphatic carbocycles. The Morgan fingerprint density at radius 3 is 0.867 bits per heavy atom. The summed E-state index contributed by atoms with van der Waals surface area (Å²) in [5.74, 6) is 0. The Kier molecular flexibility index (Phi) is 33.7. The van der Waals surface area contributed by atoms with Gasteiger partial charge < -0.3 is 31.1 Å². The maximum Gasteiger partial charge on any atom is 0.0555 e. The molecule has 0 aliphatic rings. The number of hydrogen-bond donors (Lipinski definition) is 6. The number of aliphatic hydroxyl groups is 4. The molecule has 15 heavy (non-hydrogen) atoms. The molecule has 0 atom stereocenters. The van der Waals surface area contributed by atoms with E-state index in [1.807, 2.05) is 0 Å². The molecule has 0 rings (SSSR count). The third-order valence-corrected chi connectivity index (χ3v) is 1.15. The maximum absolute atomic E-state index is 8.15. The molecule has 7 heteroatoms. The van der Waals surface area contributed by atoms with E-state index in [4.69, 9.17) is 20.4 Å². The quantitative estimate of drug-likeness (QED) is 0.269. The molecule has 92 valence electrons. The third kappa shape index (κ3) is 31.3. The van der Waals surface area contributed by atoms with Crippen LogP contribution in [0, 0.1) is 0 Å². The van der Waals surface area contributed by atoms with Crippen molar-refractivity contribution in [2.45, 2.75) is 0 Å². The number of aliphatic hydroxyl groups excluding tert-OH is 4. The minimum Gasteiger partial charge on any atom is -0.395 e. The van der Waals surface area contributed by atoms with Crippen molar-refractivity contribution in [3.05, 3.63) is 0 Å². The van der Waals surface area contributed by atoms with Crippen molar-refractivity contribution in [2.75, 3.05) is 52.6 Å². The zero-order chi connectivity index (χ0) is 11.1. The van der Waals surface area contributed by atoms with Gasteiger partial charge in [-0.2, -0.15) is 0 Å². The Morgan fingerprint density at radius 2 is 0.733 bits per heavy atom. The smallest absolute Gasteiger partial charge is 0.0555 e. The van der Waals surface area contributed by atoms with Gasteiger partial charge in [-0.15, -0.1) is 0 Å². The van der Waals surface area contributed by atoms with Crippen molar-refractivity contribution >= 4 is 0 Å². The first-order valence-electron chi connectivity index (χ1n) is 4.68. The van der Waals surface area contributed by atoms with Gasteiger partial charge in [0.05, 0.1) is 26.4 Å². The van der Waals surface area contributed by atoms with Gasteiger partial charge in [0.25, 0.3) is 0 Å². The molecule has 0 unspecified atom stereocenters. The molecule has 6 N–H and O–H groups in total. The Balaban J connectivity index is -0.000000180. The molecule has 0 aromatic heterocycles. The molecule has 6 nitrogen and oxygen atoms in total. The second-order valence-corrected chi connectivity index (χ2v) is 2.39. The summed E-state index contributed by atoms with van der Waals surface area (Å²) in [5.41, 5.74) is 0. The molecular weight excluding hydrogens is 279 g/mol. The van der Waals surface area contributed by atoms with Crippen LogP contribution >= 0.6 is 0 Å². The van der Waals surface area contributed by atoms with Gasteiger partial charge in [0.1, 0.15) is 0 Å². The molecule has 0 amide bonds. The minimum atomic E-state index is 0. The predicted molar refractivity (Wildman–Crippen MR) is 54.1 cm³/mol. The van der Waals surface area contributed by atoms with Crippen LogP contribution in [0.4, 0.5) is 0 Å². The van der Waals surface area contributed by atoms with Crippen molar-refractivity contribution < 1.29 is 46.6 Å². The number of rotatable bonds is 8. The summed E-state index contributed by atoms with van der Waals surface area (Å²) in [5, 5.41) is 38.2. The van der Waals surface area contributed by atoms with Gasteiger partial charge in [0.15, 0.2) is 0 Å². The molecule has 0 aromatic carbocycles. The molecule has 0 aliphatic heterocycles. The van der Waals surface area contributed by atoms with E-state index in [9.17, 15) is 0 Å². The topological polar surface area (TPSA) is 105 Å². The average Bonchev–Trinajstić information content (AvgIpc) is 2.21. The summed E-state index contributed by atoms with van der Waals surface area (Å²) < 4.78 is 0. The second-order valence-electron chi connectivity index (χ2n) is 2.39. The van der Waals surface area contributed by atoms with Crippen molar-refractivity contribution in [1.29, 1.82) is 0 Å². The fourth-order valence-electron chi connectivity index (χ4n) is 0.566. The fourth-order valence-corrected chi connectivity index (χ4v) is 0.566. The van der Waals surface area contributed by atoms with Crippen LogP contribution in [0.5, 0.6) is 0 Å². The third-order valence-electron chi connectivity index (χ3n) is 1.15. The molecular formula is C8H22N2O4Zr. The van der Waals surface area contributed by atoms with Crippen molar-refractivity contribution in [2.24, 2.45) is 0 Å². The van der Waals surface area contributed by atoms with Gasteiger partial charge in [-0.3, -0.25) is 0 Å². The fraction of sp³-hybridized carbons (Fsp3) is 1.00. The van der Waals surface area contributed by atoms with Crippen molar-refractivity contribution in [3.8, 4) is 0 Å². The van der Waals surface area contributed by atoms with Crippen LogP contribution < -0.4 is 10.6 Å². The van der Waals surface area contributed by atoms with E-state index in [0.717, 1.165) is 0 Å². The molecule has 0 saturated carbocycles. The molecule has 0 fully saturated rings. The largest absolute Gasteiger partial charge is 0.395 e. The minimum absolute atomic E-state index is 0. The van der Waals surface area contributed by atoms with Gasteiger partial charge in [0.2, 0.25) is 0 Å². The summed E-state index contributed by atoms with van der Waals surface area (Å²) in [6.07, 6.45) is 0. The van der Waals surface area contributed by atoms with Gasteiger partial charge in [0, 0.05) is 52.4 Å². The van der Waals surface area contributed by atoms with Crippen molar-refractivity contribution in [1.82, 2.24) is 10.6 Å². The van der Waals surface area contributed by atoms with E-state index >= 15 is 0 Å². The maximum atomic E-state index is 8.15. The van der Waals surface area contributed by atoms with E-state index in [1.54, 1.807) is 0 Å². The first kappa shape index (κ1) is 21.0. The van der Waals surface area contributed by atoms with E-state index in [0.29, 0.717) is 26.2 Å². The Bertz CT molecular complexity index is 73.0. The Labute approximate surface area is 110 Å². The summed E-state index contributed by atoms with van der Waals surface area (Å²) in [7, 11) is 0. The average molecular weight is 301 g/mol. The van der Waals surface area contributed by atoms with Gasteiger partial charge in [-0.25, -0.2) is 0 Å². The zero-order valence-corrected chi connectivity index (χ0v) is 11.4. The van der Waals surface area contributed by atoms with E-state index in [1.165, 1.54) is 0 Å². The summed E-state index contributed by atoms with van der Waals surface area (Å²) in [6, 6.07) is 0. The van der Waals surface area contributed by atoms with Crippen LogP contribution in [0.25, 0.3) is 0 Å². The molecule has 0 spiro atoms. The SMILES string of the molecule is OCCNCCO.OCCNCCO.[Zr]. The van der Waals surface area contributed by atoms with E-state index in [2.05, 4.69) is 10.6 Å². The summed E-state index contributed by atoms with van der Waals surface area (Å²) in [4.78, 5) is 0. The normalized spacial score (nSPS) is 8.80. The van der Waals surface area contributed by atoms with Crippen LogP contribution in [0.15, 0.2) is 0 Å². The monoisotopic (exact) mass is 300 g/mol. The van der Waals surface area contributed by atoms with Crippen LogP contribution in [0.3, 0.4) is 0 Å². The molecule has 0 aromatic rings. The van der Waals surface area contributed by atoms with Crippen LogP contribution in [-0.2, 0) is 26.2 Å². The van der Waals surface area contributed by atoms with Gasteiger partial charge in [-0.1, -0.05) is 0 Å². The molecule has 0 heterocycles. The van der Waals surface area contributed by atoms with Crippen LogP contribution in [0.2, 0.25) is 0 Å². The molecule has 0 radical (unpaired) electrons. The predicted octanol–water partition coefficient (Wildman–Crippen LogP) is -2.88. The molecule has 0 bridgehead atoms. The van der Waals surface area contributed by atoms with Gasteiger partial charge >= 0.3 is 0 Å². The number of hydrogen-bond acceptors (Lipinski definition) is 6. The first-order valence-corrected chi connectivity index (χ1v) is 4.68. The Morgan fingerprint density at radius 1 is 0.533 bits per heavy atom. The summed E-state index contributed by atoms with van der Waals surface area (Å²) >= 11 is 0. The molecule has 0 saturated heterocycles. The zero-order valence-electron chi connectivity index (χ0n) is 8.95. The first-order chi connectivity index (χ1) is 6.83. The van der Waals surface area contributed by atoms with Gasteiger partial charge in [-0.05, 0) is 0 Å². The Hall–Kier alpha value is 0.643. The van der Waals surface area contributed by atoms with E-state index in [-0.39, 0.29) is 52.6 Å². The standard InChI is InChI=1S/2C4H11NO2.Zr/c2*6-3-1-5-2-4-7;/h2*5-7H,1-4H2;. The van der Waals surface area contributed by atoms with Crippen LogP contribution in [-0.4, -0.2) is 73.0 Å². The number of nitrogens with one attached hydrogen (secondary N) is 2. The van der Waals surface area contributed by atoms with Crippen molar-refractivity contribution in [3.63, 3.8) is 0 Å². The van der Waals surface area contributed by atoms with Crippen LogP contribution in [0.1, 0.15) is 0 Å². The second kappa shape index (κ2) is 24.1.